The van der Waals surface area contributed by atoms with Gasteiger partial charge in [0.25, 0.3) is 0 Å². The Balaban J connectivity index is 1.76. The molecule has 1 aliphatic rings. The molecule has 1 aliphatic heterocycles. The Labute approximate surface area is 101 Å². The maximum absolute atomic E-state index is 4.31. The monoisotopic (exact) mass is 230 g/mol. The molecule has 0 N–H and O–H groups in total. The number of aromatic nitrogens is 3. The second-order valence-electron chi connectivity index (χ2n) is 5.00. The summed E-state index contributed by atoms with van der Waals surface area (Å²) in [6.07, 6.45) is 5.66. The van der Waals surface area contributed by atoms with Gasteiger partial charge >= 0.3 is 0 Å². The molecule has 3 rings (SSSR count). The Morgan fingerprint density at radius 3 is 2.88 bits per heavy atom. The average Bonchev–Trinajstić information content (AvgIpc) is 2.76. The normalized spacial score (nSPS) is 18.9. The molecule has 1 fully saturated rings. The van der Waals surface area contributed by atoms with Gasteiger partial charge in [0.2, 0.25) is 0 Å². The molecule has 0 saturated carbocycles. The van der Waals surface area contributed by atoms with E-state index in [1.54, 1.807) is 0 Å². The second kappa shape index (κ2) is 4.45. The molecule has 4 heteroatoms. The Kier molecular flexibility index (Phi) is 2.81. The van der Waals surface area contributed by atoms with Crippen LogP contribution >= 0.6 is 0 Å². The van der Waals surface area contributed by atoms with E-state index in [0.717, 1.165) is 23.8 Å². The van der Waals surface area contributed by atoms with Crippen LogP contribution in [0.5, 0.6) is 0 Å². The van der Waals surface area contributed by atoms with Crippen LogP contribution in [0.25, 0.3) is 5.65 Å². The van der Waals surface area contributed by atoms with E-state index in [1.807, 2.05) is 18.2 Å². The van der Waals surface area contributed by atoms with Crippen molar-refractivity contribution in [2.24, 2.45) is 5.92 Å². The van der Waals surface area contributed by atoms with Gasteiger partial charge < -0.3 is 4.90 Å². The van der Waals surface area contributed by atoms with Crippen molar-refractivity contribution in [2.45, 2.75) is 19.3 Å². The maximum atomic E-state index is 4.31. The zero-order valence-corrected chi connectivity index (χ0v) is 10.2. The molecule has 0 atom stereocenters. The van der Waals surface area contributed by atoms with Crippen molar-refractivity contribution in [1.29, 1.82) is 0 Å². The Morgan fingerprint density at radius 1 is 1.24 bits per heavy atom. The highest BCUT2D eigenvalue weighted by Gasteiger charge is 2.19. The summed E-state index contributed by atoms with van der Waals surface area (Å²) < 4.78 is 2.11. The first kappa shape index (κ1) is 10.7. The highest BCUT2D eigenvalue weighted by molar-refractivity contribution is 5.37. The molecule has 0 bridgehead atoms. The second-order valence-corrected chi connectivity index (χ2v) is 5.00. The van der Waals surface area contributed by atoms with Gasteiger partial charge in [0, 0.05) is 12.6 Å². The number of nitrogens with zero attached hydrogens (tertiary/aromatic N) is 4. The lowest BCUT2D eigenvalue weighted by atomic mass is 9.93. The van der Waals surface area contributed by atoms with E-state index in [4.69, 9.17) is 0 Å². The Bertz CT molecular complexity index is 497. The predicted molar refractivity (Wildman–Crippen MR) is 66.9 cm³/mol. The fraction of sp³-hybridized carbons (Fsp3) is 0.538. The van der Waals surface area contributed by atoms with E-state index < -0.39 is 0 Å². The van der Waals surface area contributed by atoms with Crippen molar-refractivity contribution < 1.29 is 0 Å². The summed E-state index contributed by atoms with van der Waals surface area (Å²) >= 11 is 0. The molecule has 0 unspecified atom stereocenters. The maximum Gasteiger partial charge on any atom is 0.160 e. The van der Waals surface area contributed by atoms with Crippen LogP contribution in [0.1, 0.15) is 18.7 Å². The van der Waals surface area contributed by atoms with Gasteiger partial charge in [-0.25, -0.2) is 0 Å². The summed E-state index contributed by atoms with van der Waals surface area (Å²) in [6.45, 7) is 2.42. The van der Waals surface area contributed by atoms with Crippen molar-refractivity contribution >= 4 is 5.65 Å². The zero-order valence-electron chi connectivity index (χ0n) is 10.2. The lowest BCUT2D eigenvalue weighted by Gasteiger charge is -2.28. The molecule has 1 saturated heterocycles. The third-order valence-electron chi connectivity index (χ3n) is 3.69. The van der Waals surface area contributed by atoms with Crippen molar-refractivity contribution in [2.75, 3.05) is 20.1 Å². The van der Waals surface area contributed by atoms with E-state index in [1.165, 1.54) is 25.9 Å². The third kappa shape index (κ3) is 2.17. The third-order valence-corrected chi connectivity index (χ3v) is 3.69. The summed E-state index contributed by atoms with van der Waals surface area (Å²) in [5, 5.41) is 8.51. The van der Waals surface area contributed by atoms with Gasteiger partial charge in [-0.05, 0) is 51.0 Å². The molecular weight excluding hydrogens is 212 g/mol. The Morgan fingerprint density at radius 2 is 2.06 bits per heavy atom. The van der Waals surface area contributed by atoms with Gasteiger partial charge in [-0.15, -0.1) is 10.2 Å². The predicted octanol–water partition coefficient (Wildman–Crippen LogP) is 1.61. The fourth-order valence-corrected chi connectivity index (χ4v) is 2.55. The van der Waals surface area contributed by atoms with E-state index in [0.29, 0.717) is 0 Å². The number of pyridine rings is 1. The largest absolute Gasteiger partial charge is 0.306 e. The van der Waals surface area contributed by atoms with E-state index in [9.17, 15) is 0 Å². The molecule has 0 amide bonds. The smallest absolute Gasteiger partial charge is 0.160 e. The van der Waals surface area contributed by atoms with Gasteiger partial charge in [0.15, 0.2) is 5.65 Å². The molecule has 0 spiro atoms. The van der Waals surface area contributed by atoms with Crippen LogP contribution in [-0.2, 0) is 6.42 Å². The quantitative estimate of drug-likeness (QED) is 0.786. The Hall–Kier alpha value is -1.42. The lowest BCUT2D eigenvalue weighted by molar-refractivity contribution is 0.217. The molecular formula is C13H18N4. The topological polar surface area (TPSA) is 33.4 Å². The summed E-state index contributed by atoms with van der Waals surface area (Å²) in [4.78, 5) is 2.40. The number of hydrogen-bond acceptors (Lipinski definition) is 3. The molecule has 2 aromatic heterocycles. The molecule has 4 nitrogen and oxygen atoms in total. The minimum atomic E-state index is 0.763. The molecule has 17 heavy (non-hydrogen) atoms. The molecule has 0 aromatic carbocycles. The number of likely N-dealkylation sites (tertiary alicyclic amines) is 1. The minimum Gasteiger partial charge on any atom is -0.306 e. The van der Waals surface area contributed by atoms with E-state index in [-0.39, 0.29) is 0 Å². The fourth-order valence-electron chi connectivity index (χ4n) is 2.55. The van der Waals surface area contributed by atoms with Crippen molar-refractivity contribution in [3.05, 3.63) is 30.2 Å². The lowest BCUT2D eigenvalue weighted by Crippen LogP contribution is -2.31. The van der Waals surface area contributed by atoms with Crippen LogP contribution in [0.4, 0.5) is 0 Å². The van der Waals surface area contributed by atoms with Crippen LogP contribution in [0, 0.1) is 5.92 Å². The summed E-state index contributed by atoms with van der Waals surface area (Å²) in [5.74, 6) is 1.87. The average molecular weight is 230 g/mol. The summed E-state index contributed by atoms with van der Waals surface area (Å²) in [5.41, 5.74) is 0.954. The van der Waals surface area contributed by atoms with E-state index >= 15 is 0 Å². The van der Waals surface area contributed by atoms with Gasteiger partial charge in [0.05, 0.1) is 0 Å². The van der Waals surface area contributed by atoms with Crippen LogP contribution in [0.15, 0.2) is 24.4 Å². The first-order valence-corrected chi connectivity index (χ1v) is 6.30. The van der Waals surface area contributed by atoms with Gasteiger partial charge in [-0.1, -0.05) is 6.07 Å². The number of fused-ring (bicyclic) bond motifs is 1. The van der Waals surface area contributed by atoms with Crippen LogP contribution in [-0.4, -0.2) is 39.6 Å². The highest BCUT2D eigenvalue weighted by atomic mass is 15.2. The first-order valence-electron chi connectivity index (χ1n) is 6.30. The number of rotatable bonds is 2. The molecule has 0 radical (unpaired) electrons. The zero-order chi connectivity index (χ0) is 11.7. The number of piperidine rings is 1. The molecule has 90 valence electrons. The van der Waals surface area contributed by atoms with E-state index in [2.05, 4.69) is 32.7 Å². The van der Waals surface area contributed by atoms with Crippen LogP contribution in [0.2, 0.25) is 0 Å². The minimum absolute atomic E-state index is 0.763. The van der Waals surface area contributed by atoms with Crippen molar-refractivity contribution in [3.63, 3.8) is 0 Å². The SMILES string of the molecule is CN1CCC(Cc2nnc3ccccn23)CC1. The standard InChI is InChI=1S/C13H18N4/c1-16-8-5-11(6-9-16)10-13-15-14-12-4-2-3-7-17(12)13/h2-4,7,11H,5-6,8-10H2,1H3. The number of hydrogen-bond donors (Lipinski definition) is 0. The van der Waals surface area contributed by atoms with Crippen molar-refractivity contribution in [1.82, 2.24) is 19.5 Å². The summed E-state index contributed by atoms with van der Waals surface area (Å²) in [7, 11) is 2.20. The van der Waals surface area contributed by atoms with Gasteiger partial charge in [-0.3, -0.25) is 4.40 Å². The van der Waals surface area contributed by atoms with Gasteiger partial charge in [-0.2, -0.15) is 0 Å². The van der Waals surface area contributed by atoms with Crippen LogP contribution in [0.3, 0.4) is 0 Å². The molecule has 3 heterocycles. The first-order chi connectivity index (χ1) is 8.33. The summed E-state index contributed by atoms with van der Waals surface area (Å²) in [6, 6.07) is 6.04. The molecule has 2 aromatic rings. The highest BCUT2D eigenvalue weighted by Crippen LogP contribution is 2.20. The molecule has 0 aliphatic carbocycles. The van der Waals surface area contributed by atoms with Crippen LogP contribution < -0.4 is 0 Å². The van der Waals surface area contributed by atoms with Gasteiger partial charge in [0.1, 0.15) is 5.82 Å². The van der Waals surface area contributed by atoms with Crippen molar-refractivity contribution in [3.8, 4) is 0 Å².